The van der Waals surface area contributed by atoms with Gasteiger partial charge in [-0.15, -0.1) is 0 Å². The van der Waals surface area contributed by atoms with Crippen molar-refractivity contribution < 1.29 is 77.8 Å². The zero-order chi connectivity index (χ0) is 51.7. The number of nitrogens with one attached hydrogen (secondary N) is 2. The van der Waals surface area contributed by atoms with Crippen LogP contribution in [0.4, 0.5) is 21.0 Å². The topological polar surface area (TPSA) is 250 Å². The van der Waals surface area contributed by atoms with Gasteiger partial charge in [-0.3, -0.25) is 15.4 Å². The highest BCUT2D eigenvalue weighted by molar-refractivity contribution is 6.31. The van der Waals surface area contributed by atoms with Crippen molar-refractivity contribution in [2.75, 3.05) is 30.5 Å². The Balaban J connectivity index is 0.803. The number of ketones is 1. The molecule has 5 unspecified atom stereocenters. The zero-order valence-corrected chi connectivity index (χ0v) is 43.1. The van der Waals surface area contributed by atoms with Crippen molar-refractivity contribution in [3.05, 3.63) is 58.6 Å². The van der Waals surface area contributed by atoms with Crippen molar-refractivity contribution >= 4 is 52.5 Å². The number of fused-ring (bicyclic) bond motifs is 7. The molecule has 4 saturated heterocycles. The van der Waals surface area contributed by atoms with Gasteiger partial charge in [-0.05, 0) is 134 Å². The summed E-state index contributed by atoms with van der Waals surface area (Å²) in [5.41, 5.74) is 0.310. The molecular formula is C53H70Cl2N2O16. The van der Waals surface area contributed by atoms with Crippen LogP contribution in [0, 0.1) is 52.3 Å². The van der Waals surface area contributed by atoms with Crippen molar-refractivity contribution in [3.8, 4) is 0 Å². The van der Waals surface area contributed by atoms with Crippen LogP contribution in [0.1, 0.15) is 85.5 Å². The van der Waals surface area contributed by atoms with E-state index in [1.54, 1.807) is 48.5 Å². The molecule has 10 rings (SSSR count). The van der Waals surface area contributed by atoms with E-state index in [0.29, 0.717) is 71.3 Å². The summed E-state index contributed by atoms with van der Waals surface area (Å²) in [4.78, 5) is 40.5. The number of benzene rings is 2. The van der Waals surface area contributed by atoms with Crippen LogP contribution >= 0.6 is 23.2 Å². The number of hydrogen-bond donors (Lipinski definition) is 7. The average Bonchev–Trinajstić information content (AvgIpc) is 3.80. The lowest BCUT2D eigenvalue weighted by atomic mass is 9.44. The summed E-state index contributed by atoms with van der Waals surface area (Å²) in [6.45, 7) is 8.66. The average molecular weight is 1060 g/mol. The lowest BCUT2D eigenvalue weighted by molar-refractivity contribution is -0.363. The van der Waals surface area contributed by atoms with Gasteiger partial charge in [-0.2, -0.15) is 0 Å². The first kappa shape index (κ1) is 53.2. The molecule has 8 aliphatic rings. The van der Waals surface area contributed by atoms with Gasteiger partial charge in [0.15, 0.2) is 18.4 Å². The third-order valence-electron chi connectivity index (χ3n) is 18.4. The quantitative estimate of drug-likeness (QED) is 0.127. The van der Waals surface area contributed by atoms with Crippen molar-refractivity contribution in [2.45, 2.75) is 165 Å². The van der Waals surface area contributed by atoms with Gasteiger partial charge in [0.05, 0.1) is 18.8 Å². The minimum Gasteiger partial charge on any atom is -0.446 e. The van der Waals surface area contributed by atoms with Crippen LogP contribution in [0.5, 0.6) is 0 Å². The molecule has 0 bridgehead atoms. The maximum absolute atomic E-state index is 14.7. The number of carbonyl (C=O) groups excluding carboxylic acids is 3. The van der Waals surface area contributed by atoms with Crippen LogP contribution in [0.25, 0.3) is 0 Å². The van der Waals surface area contributed by atoms with Gasteiger partial charge in [0, 0.05) is 46.1 Å². The third-order valence-corrected chi connectivity index (χ3v) is 18.9. The molecule has 2 amide bonds. The first-order valence-corrected chi connectivity index (χ1v) is 26.8. The van der Waals surface area contributed by atoms with Gasteiger partial charge >= 0.3 is 12.2 Å². The van der Waals surface area contributed by atoms with Crippen molar-refractivity contribution in [1.82, 2.24) is 0 Å². The van der Waals surface area contributed by atoms with Crippen LogP contribution in [-0.4, -0.2) is 143 Å². The maximum Gasteiger partial charge on any atom is 0.411 e. The minimum absolute atomic E-state index is 0.0757. The first-order valence-electron chi connectivity index (χ1n) is 26.0. The fourth-order valence-corrected chi connectivity index (χ4v) is 15.0. The number of ether oxygens (including phenoxy) is 8. The standard InChI is InChI=1S/C53H70Cl2N2O16/c1-25-15-18-53(68-22-25)26(2)39-36(73-53)20-34-33-14-5-27-19-32(16-17-51(27,3)40(33)35(58)21-52(34,39)4)69-47-45(63)43(61)46(38(71-47)24-67-50(65)57-31-12-8-29(55)9-13-31)72-48-44(62)42(60)41(59)37(70-48)23-66-49(64)56-30-10-6-28(54)7-11-30/h6-13,25-27,32-34,36-48,59-63H,5,14-24H2,1-4H3,(H,56,64)(H,57,65)/t25-,26+,27+,32+,33?,34?,36?,37+,38+,39?,40?,41-,42+,43-,44+,45+,46-,47-,48+,51+,52+,53-/m1/s1. The van der Waals surface area contributed by atoms with Crippen molar-refractivity contribution in [1.29, 1.82) is 0 Å². The van der Waals surface area contributed by atoms with Gasteiger partial charge in [-0.1, -0.05) is 50.9 Å². The lowest BCUT2D eigenvalue weighted by Gasteiger charge is -2.60. The Morgan fingerprint density at radius 3 is 1.95 bits per heavy atom. The molecule has 7 N–H and O–H groups in total. The second-order valence-corrected chi connectivity index (χ2v) is 23.7. The van der Waals surface area contributed by atoms with E-state index >= 15 is 0 Å². The van der Waals surface area contributed by atoms with Gasteiger partial charge in [-0.25, -0.2) is 9.59 Å². The molecule has 0 aromatic heterocycles. The largest absolute Gasteiger partial charge is 0.446 e. The Kier molecular flexibility index (Phi) is 15.3. The molecule has 0 radical (unpaired) electrons. The molecule has 4 aliphatic heterocycles. The minimum atomic E-state index is -1.91. The highest BCUT2D eigenvalue weighted by Crippen LogP contribution is 2.70. The van der Waals surface area contributed by atoms with Crippen molar-refractivity contribution in [2.24, 2.45) is 52.3 Å². The zero-order valence-electron chi connectivity index (χ0n) is 41.6. The summed E-state index contributed by atoms with van der Waals surface area (Å²) < 4.78 is 49.0. The number of anilines is 2. The van der Waals surface area contributed by atoms with Crippen LogP contribution in [-0.2, 0) is 42.7 Å². The van der Waals surface area contributed by atoms with Crippen LogP contribution in [0.3, 0.4) is 0 Å². The third kappa shape index (κ3) is 10.2. The summed E-state index contributed by atoms with van der Waals surface area (Å²) in [5.74, 6) is 1.43. The Labute approximate surface area is 434 Å². The van der Waals surface area contributed by atoms with Crippen molar-refractivity contribution in [3.63, 3.8) is 0 Å². The van der Waals surface area contributed by atoms with Gasteiger partial charge < -0.3 is 63.4 Å². The molecule has 4 heterocycles. The monoisotopic (exact) mass is 1060 g/mol. The molecule has 73 heavy (non-hydrogen) atoms. The number of rotatable bonds is 10. The number of hydrogen-bond acceptors (Lipinski definition) is 16. The maximum atomic E-state index is 14.7. The van der Waals surface area contributed by atoms with E-state index in [1.165, 1.54) is 0 Å². The molecule has 402 valence electrons. The smallest absolute Gasteiger partial charge is 0.411 e. The molecule has 4 saturated carbocycles. The normalized spacial score (nSPS) is 45.1. The Bertz CT molecular complexity index is 2310. The lowest BCUT2D eigenvalue weighted by Crippen LogP contribution is -2.65. The summed E-state index contributed by atoms with van der Waals surface area (Å²) in [6.07, 6.45) is -11.7. The van der Waals surface area contributed by atoms with Crippen LogP contribution in [0.15, 0.2) is 48.5 Å². The fraction of sp³-hybridized carbons (Fsp3) is 0.717. The van der Waals surface area contributed by atoms with E-state index in [9.17, 15) is 39.9 Å². The highest BCUT2D eigenvalue weighted by Gasteiger charge is 2.71. The molecule has 4 aliphatic carbocycles. The molecule has 8 fully saturated rings. The summed E-state index contributed by atoms with van der Waals surface area (Å²) in [5, 5.41) is 62.3. The molecule has 20 heteroatoms. The number of aliphatic hydroxyl groups is 5. The van der Waals surface area contributed by atoms with Gasteiger partial charge in [0.1, 0.15) is 67.8 Å². The molecule has 2 aromatic carbocycles. The predicted octanol–water partition coefficient (Wildman–Crippen LogP) is 6.44. The van der Waals surface area contributed by atoms with Crippen LogP contribution in [0.2, 0.25) is 10.0 Å². The molecule has 22 atom stereocenters. The van der Waals surface area contributed by atoms with E-state index in [1.807, 2.05) is 0 Å². The number of halogens is 2. The SMILES string of the molecule is C[C@@H]1CC[C@@]2(OC1)OC1CC3C4CC[C@H]5C[C@@H](O[C@@H]6O[C@@H](COC(=O)Nc7ccc(Cl)cc7)[C@@H](O[C@@H]7O[C@@H](COC(=O)Nc8ccc(Cl)cc8)[C@@H](O)[C@H](O)[C@@H]7O)[C@H](O)[C@@H]6O)CC[C@]5(C)C4C(=O)C[C@]3(C)C1[C@@H]2C. The summed E-state index contributed by atoms with van der Waals surface area (Å²) in [6, 6.07) is 12.5. The van der Waals surface area contributed by atoms with Gasteiger partial charge in [0.2, 0.25) is 0 Å². The predicted molar refractivity (Wildman–Crippen MR) is 262 cm³/mol. The Morgan fingerprint density at radius 1 is 0.712 bits per heavy atom. The number of aliphatic hydroxyl groups excluding tert-OH is 5. The second-order valence-electron chi connectivity index (χ2n) is 22.8. The number of amides is 2. The van der Waals surface area contributed by atoms with E-state index < -0.39 is 98.7 Å². The molecule has 2 aromatic rings. The Morgan fingerprint density at radius 2 is 1.32 bits per heavy atom. The van der Waals surface area contributed by atoms with Gasteiger partial charge in [0.25, 0.3) is 0 Å². The highest BCUT2D eigenvalue weighted by atomic mass is 35.5. The molecule has 18 nitrogen and oxygen atoms in total. The van der Waals surface area contributed by atoms with E-state index in [4.69, 9.17) is 61.1 Å². The molecule has 1 spiro atoms. The van der Waals surface area contributed by atoms with E-state index in [-0.39, 0.29) is 46.5 Å². The summed E-state index contributed by atoms with van der Waals surface area (Å²) in [7, 11) is 0. The molecular weight excluding hydrogens is 991 g/mol. The Hall–Kier alpha value is -3.21. The number of Topliss-reactive ketones (excluding diaryl/α,β-unsaturated/α-hetero) is 1. The van der Waals surface area contributed by atoms with Crippen LogP contribution < -0.4 is 10.6 Å². The fourth-order valence-electron chi connectivity index (χ4n) is 14.7. The van der Waals surface area contributed by atoms with E-state index in [2.05, 4.69) is 38.3 Å². The second kappa shape index (κ2) is 21.0. The number of carbonyl (C=O) groups is 3. The summed E-state index contributed by atoms with van der Waals surface area (Å²) >= 11 is 12.0. The first-order chi connectivity index (χ1) is 34.8. The van der Waals surface area contributed by atoms with E-state index in [0.717, 1.165) is 32.1 Å².